The lowest BCUT2D eigenvalue weighted by Gasteiger charge is -2.13. The maximum Gasteiger partial charge on any atom is 0.191 e. The van der Waals surface area contributed by atoms with Gasteiger partial charge in [-0.05, 0) is 24.6 Å². The Balaban J connectivity index is 2.67. The Hall–Kier alpha value is -2.17. The van der Waals surface area contributed by atoms with Gasteiger partial charge in [-0.25, -0.2) is 0 Å². The van der Waals surface area contributed by atoms with Gasteiger partial charge in [-0.1, -0.05) is 12.1 Å². The van der Waals surface area contributed by atoms with Crippen LogP contribution in [0.15, 0.2) is 35.8 Å². The van der Waals surface area contributed by atoms with Crippen molar-refractivity contribution in [1.82, 2.24) is 10.6 Å². The molecule has 0 aliphatic heterocycles. The third-order valence-electron chi connectivity index (χ3n) is 2.63. The van der Waals surface area contributed by atoms with E-state index in [0.717, 1.165) is 23.0 Å². The lowest BCUT2D eigenvalue weighted by atomic mass is 10.2. The zero-order valence-corrected chi connectivity index (χ0v) is 12.4. The van der Waals surface area contributed by atoms with Crippen molar-refractivity contribution < 1.29 is 9.47 Å². The first-order valence-corrected chi connectivity index (χ1v) is 6.60. The molecule has 0 unspecified atom stereocenters. The van der Waals surface area contributed by atoms with Crippen molar-refractivity contribution in [1.29, 1.82) is 0 Å². The van der Waals surface area contributed by atoms with Gasteiger partial charge in [0.05, 0.1) is 13.7 Å². The molecule has 1 aromatic rings. The molecule has 0 spiro atoms. The van der Waals surface area contributed by atoms with E-state index in [1.807, 2.05) is 25.1 Å². The van der Waals surface area contributed by atoms with Crippen LogP contribution in [-0.2, 0) is 6.54 Å². The fourth-order valence-electron chi connectivity index (χ4n) is 1.67. The largest absolute Gasteiger partial charge is 0.493 e. The molecule has 0 saturated carbocycles. The summed E-state index contributed by atoms with van der Waals surface area (Å²) in [6.45, 7) is 7.54. The predicted octanol–water partition coefficient (Wildman–Crippen LogP) is 1.94. The summed E-state index contributed by atoms with van der Waals surface area (Å²) in [7, 11) is 3.37. The highest BCUT2D eigenvalue weighted by molar-refractivity contribution is 5.79. The molecule has 2 N–H and O–H groups in total. The fraction of sp³-hybridized carbons (Fsp3) is 0.400. The summed E-state index contributed by atoms with van der Waals surface area (Å²) in [5, 5.41) is 6.34. The average molecular weight is 277 g/mol. The van der Waals surface area contributed by atoms with E-state index in [2.05, 4.69) is 22.2 Å². The van der Waals surface area contributed by atoms with Crippen LogP contribution in [0.3, 0.4) is 0 Å². The van der Waals surface area contributed by atoms with Gasteiger partial charge in [0.25, 0.3) is 0 Å². The van der Waals surface area contributed by atoms with Crippen molar-refractivity contribution in [2.75, 3.05) is 27.3 Å². The lowest BCUT2D eigenvalue weighted by Crippen LogP contribution is -2.36. The van der Waals surface area contributed by atoms with Crippen LogP contribution in [0, 0.1) is 0 Å². The number of aliphatic imine (C=N–C) groups is 1. The maximum absolute atomic E-state index is 5.55. The van der Waals surface area contributed by atoms with E-state index in [9.17, 15) is 0 Å². The van der Waals surface area contributed by atoms with Crippen molar-refractivity contribution in [2.24, 2.45) is 4.99 Å². The predicted molar refractivity (Wildman–Crippen MR) is 82.6 cm³/mol. The molecule has 0 aliphatic carbocycles. The maximum atomic E-state index is 5.55. The molecule has 20 heavy (non-hydrogen) atoms. The lowest BCUT2D eigenvalue weighted by molar-refractivity contribution is 0.310. The highest BCUT2D eigenvalue weighted by atomic mass is 16.5. The highest BCUT2D eigenvalue weighted by Crippen LogP contribution is 2.27. The molecule has 110 valence electrons. The van der Waals surface area contributed by atoms with Gasteiger partial charge in [0, 0.05) is 20.1 Å². The summed E-state index contributed by atoms with van der Waals surface area (Å²) in [5.74, 6) is 2.23. The Labute approximate surface area is 120 Å². The van der Waals surface area contributed by atoms with Crippen molar-refractivity contribution in [2.45, 2.75) is 13.5 Å². The second-order valence-electron chi connectivity index (χ2n) is 4.01. The SMILES string of the molecule is C=CCNC(=NC)NCc1ccc(OC)c(OCC)c1. The normalized spacial score (nSPS) is 10.8. The number of benzene rings is 1. The molecule has 0 atom stereocenters. The molecule has 1 rings (SSSR count). The average Bonchev–Trinajstić information content (AvgIpc) is 2.48. The number of nitrogens with one attached hydrogen (secondary N) is 2. The van der Waals surface area contributed by atoms with Gasteiger partial charge in [-0.2, -0.15) is 0 Å². The number of nitrogens with zero attached hydrogens (tertiary/aromatic N) is 1. The van der Waals surface area contributed by atoms with Gasteiger partial charge in [0.2, 0.25) is 0 Å². The van der Waals surface area contributed by atoms with Crippen molar-refractivity contribution >= 4 is 5.96 Å². The van der Waals surface area contributed by atoms with Crippen LogP contribution in [0.2, 0.25) is 0 Å². The van der Waals surface area contributed by atoms with Crippen molar-refractivity contribution in [3.05, 3.63) is 36.4 Å². The van der Waals surface area contributed by atoms with Crippen LogP contribution < -0.4 is 20.1 Å². The first kappa shape index (κ1) is 15.9. The second-order valence-corrected chi connectivity index (χ2v) is 4.01. The van der Waals surface area contributed by atoms with Crippen LogP contribution in [0.25, 0.3) is 0 Å². The van der Waals surface area contributed by atoms with Gasteiger partial charge in [0.1, 0.15) is 0 Å². The summed E-state index contributed by atoms with van der Waals surface area (Å²) in [4.78, 5) is 4.12. The number of ether oxygens (including phenoxy) is 2. The van der Waals surface area contributed by atoms with Gasteiger partial charge in [0.15, 0.2) is 17.5 Å². The van der Waals surface area contributed by atoms with E-state index in [1.165, 1.54) is 0 Å². The zero-order valence-electron chi connectivity index (χ0n) is 12.4. The first-order valence-electron chi connectivity index (χ1n) is 6.60. The van der Waals surface area contributed by atoms with Crippen molar-refractivity contribution in [3.63, 3.8) is 0 Å². The smallest absolute Gasteiger partial charge is 0.191 e. The molecular formula is C15H23N3O2. The van der Waals surface area contributed by atoms with E-state index in [-0.39, 0.29) is 0 Å². The molecule has 5 nitrogen and oxygen atoms in total. The number of guanidine groups is 1. The quantitative estimate of drug-likeness (QED) is 0.454. The van der Waals surface area contributed by atoms with E-state index in [1.54, 1.807) is 20.2 Å². The van der Waals surface area contributed by atoms with E-state index in [4.69, 9.17) is 9.47 Å². The van der Waals surface area contributed by atoms with Crippen LogP contribution in [0.4, 0.5) is 0 Å². The minimum absolute atomic E-state index is 0.607. The third kappa shape index (κ3) is 4.84. The Morgan fingerprint density at radius 1 is 1.35 bits per heavy atom. The topological polar surface area (TPSA) is 54.9 Å². The molecule has 0 bridgehead atoms. The van der Waals surface area contributed by atoms with Crippen molar-refractivity contribution in [3.8, 4) is 11.5 Å². The fourth-order valence-corrected chi connectivity index (χ4v) is 1.67. The number of rotatable bonds is 7. The summed E-state index contributed by atoms with van der Waals surface area (Å²) >= 11 is 0. The Kier molecular flexibility index (Phi) is 7.03. The molecule has 0 amide bonds. The Bertz CT molecular complexity index is 458. The van der Waals surface area contributed by atoms with E-state index in [0.29, 0.717) is 19.7 Å². The van der Waals surface area contributed by atoms with Gasteiger partial charge in [-0.3, -0.25) is 4.99 Å². The zero-order chi connectivity index (χ0) is 14.8. The molecule has 0 fully saturated rings. The molecule has 0 saturated heterocycles. The molecule has 0 aliphatic rings. The molecule has 5 heteroatoms. The molecule has 0 aromatic heterocycles. The number of hydrogen-bond donors (Lipinski definition) is 2. The Morgan fingerprint density at radius 3 is 2.75 bits per heavy atom. The summed E-state index contributed by atoms with van der Waals surface area (Å²) in [6, 6.07) is 5.87. The molecule has 1 aromatic carbocycles. The monoisotopic (exact) mass is 277 g/mol. The first-order chi connectivity index (χ1) is 9.74. The van der Waals surface area contributed by atoms with E-state index < -0.39 is 0 Å². The second kappa shape index (κ2) is 8.85. The minimum atomic E-state index is 0.607. The van der Waals surface area contributed by atoms with Crippen LogP contribution in [0.1, 0.15) is 12.5 Å². The van der Waals surface area contributed by atoms with Crippen LogP contribution >= 0.6 is 0 Å². The highest BCUT2D eigenvalue weighted by Gasteiger charge is 2.05. The van der Waals surface area contributed by atoms with Gasteiger partial charge < -0.3 is 20.1 Å². The molecule has 0 radical (unpaired) electrons. The standard InChI is InChI=1S/C15H23N3O2/c1-5-9-17-15(16-3)18-11-12-7-8-13(19-4)14(10-12)20-6-2/h5,7-8,10H,1,6,9,11H2,2-4H3,(H2,16,17,18). The molecule has 0 heterocycles. The summed E-state index contributed by atoms with van der Waals surface area (Å²) in [5.41, 5.74) is 1.09. The van der Waals surface area contributed by atoms with Gasteiger partial charge >= 0.3 is 0 Å². The number of hydrogen-bond acceptors (Lipinski definition) is 3. The number of methoxy groups -OCH3 is 1. The third-order valence-corrected chi connectivity index (χ3v) is 2.63. The minimum Gasteiger partial charge on any atom is -0.493 e. The van der Waals surface area contributed by atoms with E-state index >= 15 is 0 Å². The van der Waals surface area contributed by atoms with Crippen LogP contribution in [0.5, 0.6) is 11.5 Å². The Morgan fingerprint density at radius 2 is 2.15 bits per heavy atom. The van der Waals surface area contributed by atoms with Crippen LogP contribution in [-0.4, -0.2) is 33.3 Å². The summed E-state index contributed by atoms with van der Waals surface area (Å²) in [6.07, 6.45) is 1.79. The van der Waals surface area contributed by atoms with Gasteiger partial charge in [-0.15, -0.1) is 6.58 Å². The molecular weight excluding hydrogens is 254 g/mol. The summed E-state index contributed by atoms with van der Waals surface area (Å²) < 4.78 is 10.8.